The van der Waals surface area contributed by atoms with Crippen LogP contribution in [0.4, 0.5) is 0 Å². The van der Waals surface area contributed by atoms with Crippen molar-refractivity contribution in [1.82, 2.24) is 15.5 Å². The molecule has 59 heavy (non-hydrogen) atoms. The predicted molar refractivity (Wildman–Crippen MR) is 232 cm³/mol. The minimum absolute atomic E-state index is 0.220. The van der Waals surface area contributed by atoms with E-state index in [1.54, 1.807) is 0 Å². The van der Waals surface area contributed by atoms with Crippen molar-refractivity contribution in [3.63, 3.8) is 0 Å². The lowest BCUT2D eigenvalue weighted by molar-refractivity contribution is -0.140. The van der Waals surface area contributed by atoms with Crippen LogP contribution in [0.25, 0.3) is 0 Å². The molecule has 0 bridgehead atoms. The molecule has 4 unspecified atom stereocenters. The number of esters is 2. The van der Waals surface area contributed by atoms with Gasteiger partial charge < -0.3 is 44.7 Å². The van der Waals surface area contributed by atoms with E-state index in [-0.39, 0.29) is 32.5 Å². The van der Waals surface area contributed by atoms with E-state index in [0.717, 1.165) is 85.5 Å². The van der Waals surface area contributed by atoms with Crippen LogP contribution in [0.2, 0.25) is 0 Å². The number of aliphatic hydroxyl groups excluding tert-OH is 2. The molecule has 0 amide bonds. The molecule has 1 aliphatic rings. The number of allylic oxidation sites excluding steroid dienone is 2. The number of hydrogen-bond acceptors (Lipinski definition) is 11. The Morgan fingerprint density at radius 1 is 0.661 bits per heavy atom. The number of hydrogen-bond donors (Lipinski definition) is 4. The van der Waals surface area contributed by atoms with E-state index in [0.29, 0.717) is 30.7 Å². The summed E-state index contributed by atoms with van der Waals surface area (Å²) in [6.45, 7) is 10.6. The van der Waals surface area contributed by atoms with Crippen LogP contribution in [0.1, 0.15) is 89.2 Å². The molecule has 0 aromatic heterocycles. The van der Waals surface area contributed by atoms with Crippen molar-refractivity contribution < 1.29 is 38.7 Å². The lowest BCUT2D eigenvalue weighted by Gasteiger charge is -2.36. The molecule has 0 aliphatic carbocycles. The summed E-state index contributed by atoms with van der Waals surface area (Å²) in [5.41, 5.74) is 4.26. The fourth-order valence-corrected chi connectivity index (χ4v) is 7.09. The highest BCUT2D eigenvalue weighted by molar-refractivity contribution is 6.00. The molecule has 11 nitrogen and oxygen atoms in total. The first kappa shape index (κ1) is 47.0. The van der Waals surface area contributed by atoms with Gasteiger partial charge in [-0.05, 0) is 95.3 Å². The summed E-state index contributed by atoms with van der Waals surface area (Å²) in [5, 5.41) is 27.2. The summed E-state index contributed by atoms with van der Waals surface area (Å²) in [7, 11) is 1.87. The lowest BCUT2D eigenvalue weighted by Crippen LogP contribution is -2.36. The largest absolute Gasteiger partial charge is 0.491 e. The summed E-state index contributed by atoms with van der Waals surface area (Å²) < 4.78 is 23.1. The molecule has 1 aliphatic heterocycles. The van der Waals surface area contributed by atoms with Gasteiger partial charge in [0.05, 0.1) is 30.3 Å². The first-order valence-electron chi connectivity index (χ1n) is 21.3. The minimum Gasteiger partial charge on any atom is -0.491 e. The summed E-state index contributed by atoms with van der Waals surface area (Å²) in [4.78, 5) is 29.7. The number of carbonyl (C=O) groups excluding carboxylic acids is 2. The lowest BCUT2D eigenvalue weighted by atomic mass is 9.78. The molecule has 0 spiro atoms. The molecule has 322 valence electrons. The van der Waals surface area contributed by atoms with Crippen LogP contribution in [-0.4, -0.2) is 98.4 Å². The Balaban J connectivity index is 1.19. The van der Waals surface area contributed by atoms with Crippen molar-refractivity contribution in [3.8, 4) is 11.5 Å². The molecule has 0 saturated carbocycles. The average molecular weight is 814 g/mol. The molecule has 4 atom stereocenters. The molecular weight excluding hydrogens is 747 g/mol. The van der Waals surface area contributed by atoms with Crippen LogP contribution < -0.4 is 20.1 Å². The number of carbonyl (C=O) groups is 2. The van der Waals surface area contributed by atoms with Crippen LogP contribution in [0.15, 0.2) is 107 Å². The Kier molecular flexibility index (Phi) is 20.5. The van der Waals surface area contributed by atoms with Gasteiger partial charge >= 0.3 is 11.9 Å². The Labute approximate surface area is 351 Å². The van der Waals surface area contributed by atoms with Crippen LogP contribution >= 0.6 is 0 Å². The van der Waals surface area contributed by atoms with Crippen molar-refractivity contribution in [1.29, 1.82) is 0 Å². The van der Waals surface area contributed by atoms with E-state index >= 15 is 0 Å². The highest BCUT2D eigenvalue weighted by Crippen LogP contribution is 2.43. The first-order chi connectivity index (χ1) is 28.6. The van der Waals surface area contributed by atoms with Crippen LogP contribution in [0, 0.1) is 6.92 Å². The third kappa shape index (κ3) is 15.8. The van der Waals surface area contributed by atoms with Crippen molar-refractivity contribution >= 4 is 11.9 Å². The van der Waals surface area contributed by atoms with Gasteiger partial charge in [-0.15, -0.1) is 0 Å². The zero-order valence-corrected chi connectivity index (χ0v) is 35.8. The zero-order chi connectivity index (χ0) is 42.4. The highest BCUT2D eigenvalue weighted by atomic mass is 16.5. The maximum absolute atomic E-state index is 13.9. The van der Waals surface area contributed by atoms with Crippen molar-refractivity contribution in [2.45, 2.75) is 103 Å². The number of aliphatic hydroxyl groups is 2. The minimum atomic E-state index is -0.618. The van der Waals surface area contributed by atoms with Gasteiger partial charge in [-0.25, -0.2) is 9.59 Å². The quantitative estimate of drug-likeness (QED) is 0.0459. The summed E-state index contributed by atoms with van der Waals surface area (Å²) >= 11 is 0. The van der Waals surface area contributed by atoms with Crippen molar-refractivity contribution in [3.05, 3.63) is 119 Å². The maximum Gasteiger partial charge on any atom is 0.336 e. The SMILES string of the molecule is CC1=C(C(=O)OCCCCCCNCC(O)COc2ccccc2)C(c2ccccc2C)C(C(=O)OCCCCCC(C)NCC(O)COc2ccccc2)=C(C)N1C. The molecule has 1 heterocycles. The topological polar surface area (TPSA) is 139 Å². The molecule has 4 N–H and O–H groups in total. The number of benzene rings is 3. The smallest absolute Gasteiger partial charge is 0.336 e. The second-order valence-corrected chi connectivity index (χ2v) is 15.5. The number of aryl methyl sites for hydroxylation is 1. The number of para-hydroxylation sites is 2. The van der Waals surface area contributed by atoms with Gasteiger partial charge in [0.15, 0.2) is 0 Å². The van der Waals surface area contributed by atoms with E-state index in [1.165, 1.54) is 0 Å². The maximum atomic E-state index is 13.9. The number of rotatable bonds is 27. The molecular formula is C48H67N3O8. The Morgan fingerprint density at radius 3 is 1.71 bits per heavy atom. The normalized spacial score (nSPS) is 15.8. The third-order valence-electron chi connectivity index (χ3n) is 10.8. The van der Waals surface area contributed by atoms with Gasteiger partial charge in [-0.2, -0.15) is 0 Å². The van der Waals surface area contributed by atoms with Crippen LogP contribution in [-0.2, 0) is 19.1 Å². The second-order valence-electron chi connectivity index (χ2n) is 15.5. The zero-order valence-electron chi connectivity index (χ0n) is 35.8. The Hall–Kier alpha value is -4.68. The Bertz CT molecular complexity index is 1770. The molecule has 11 heteroatoms. The van der Waals surface area contributed by atoms with Crippen molar-refractivity contribution in [2.75, 3.05) is 53.1 Å². The van der Waals surface area contributed by atoms with Gasteiger partial charge in [0.25, 0.3) is 0 Å². The number of nitrogens with one attached hydrogen (secondary N) is 2. The van der Waals surface area contributed by atoms with E-state index < -0.39 is 30.1 Å². The predicted octanol–water partition coefficient (Wildman–Crippen LogP) is 7.23. The summed E-state index contributed by atoms with van der Waals surface area (Å²) in [6.07, 6.45) is 5.79. The van der Waals surface area contributed by atoms with Crippen molar-refractivity contribution in [2.24, 2.45) is 0 Å². The average Bonchev–Trinajstić information content (AvgIpc) is 3.24. The van der Waals surface area contributed by atoms with E-state index in [1.807, 2.05) is 118 Å². The summed E-state index contributed by atoms with van der Waals surface area (Å²) in [6, 6.07) is 27.0. The molecule has 3 aromatic carbocycles. The van der Waals surface area contributed by atoms with E-state index in [2.05, 4.69) is 17.6 Å². The number of ether oxygens (including phenoxy) is 4. The monoisotopic (exact) mass is 813 g/mol. The molecule has 0 saturated heterocycles. The van der Waals surface area contributed by atoms with Crippen LogP contribution in [0.5, 0.6) is 11.5 Å². The van der Waals surface area contributed by atoms with Gasteiger partial charge in [-0.3, -0.25) is 0 Å². The van der Waals surface area contributed by atoms with Gasteiger partial charge in [-0.1, -0.05) is 86.3 Å². The second kappa shape index (κ2) is 25.7. The molecule has 4 rings (SSSR count). The fourth-order valence-electron chi connectivity index (χ4n) is 7.09. The molecule has 0 fully saturated rings. The number of unbranched alkanes of at least 4 members (excludes halogenated alkanes) is 5. The fraction of sp³-hybridized carbons (Fsp3) is 0.500. The van der Waals surface area contributed by atoms with Gasteiger partial charge in [0.2, 0.25) is 0 Å². The summed E-state index contributed by atoms with van der Waals surface area (Å²) in [5.74, 6) is 0.0112. The highest BCUT2D eigenvalue weighted by Gasteiger charge is 2.40. The standard InChI is InChI=1S/C48H67N3O8/c1-35-21-16-17-27-43(35)46-44(47(54)56-29-19-7-6-18-28-49-31-39(52)33-58-41-23-12-8-13-24-41)37(3)51(5)38(4)45(46)48(55)57-30-20-10-11-22-36(2)50-32-40(53)34-59-42-25-14-9-15-26-42/h8-9,12-17,21,23-27,36,39-40,46,49-50,52-53H,6-7,10-11,18-20,22,28-34H2,1-5H3. The van der Waals surface area contributed by atoms with Crippen LogP contribution in [0.3, 0.4) is 0 Å². The van der Waals surface area contributed by atoms with E-state index in [4.69, 9.17) is 18.9 Å². The Morgan fingerprint density at radius 2 is 1.15 bits per heavy atom. The third-order valence-corrected chi connectivity index (χ3v) is 10.8. The molecule has 3 aromatic rings. The molecule has 0 radical (unpaired) electrons. The first-order valence-corrected chi connectivity index (χ1v) is 21.3. The van der Waals surface area contributed by atoms with Gasteiger partial charge in [0, 0.05) is 37.6 Å². The van der Waals surface area contributed by atoms with Gasteiger partial charge in [0.1, 0.15) is 36.9 Å². The number of nitrogens with zero attached hydrogens (tertiary/aromatic N) is 1. The van der Waals surface area contributed by atoms with E-state index in [9.17, 15) is 19.8 Å².